The summed E-state index contributed by atoms with van der Waals surface area (Å²) in [5, 5.41) is 9.38. The van der Waals surface area contributed by atoms with Crippen LogP contribution in [0.2, 0.25) is 0 Å². The maximum atomic E-state index is 9.38. The Labute approximate surface area is 85.6 Å². The molecule has 1 atom stereocenters. The smallest absolute Gasteiger partial charge is 0.0582 e. The average molecular weight is 199 g/mol. The lowest BCUT2D eigenvalue weighted by Crippen LogP contribution is -2.60. The Kier molecular flexibility index (Phi) is 3.10. The van der Waals surface area contributed by atoms with Crippen molar-refractivity contribution in [2.24, 2.45) is 17.1 Å². The molecule has 3 nitrogen and oxygen atoms in total. The van der Waals surface area contributed by atoms with E-state index in [1.54, 1.807) is 0 Å². The van der Waals surface area contributed by atoms with Crippen molar-refractivity contribution >= 4 is 0 Å². The van der Waals surface area contributed by atoms with Gasteiger partial charge in [-0.2, -0.15) is 0 Å². The van der Waals surface area contributed by atoms with Gasteiger partial charge in [0.1, 0.15) is 0 Å². The molecule has 1 saturated heterocycles. The van der Waals surface area contributed by atoms with Crippen molar-refractivity contribution < 1.29 is 9.84 Å². The standard InChI is InChI=1S/C11H21NO2/c12-10(9-4-2-1-3-5-9)11(6-13)7-14-8-11/h9-10,13H,1-8,12H2. The number of aliphatic hydroxyl groups is 1. The number of hydrogen-bond acceptors (Lipinski definition) is 3. The molecule has 0 aromatic heterocycles. The second-order valence-electron chi connectivity index (χ2n) is 4.94. The van der Waals surface area contributed by atoms with Crippen molar-refractivity contribution in [3.63, 3.8) is 0 Å². The van der Waals surface area contributed by atoms with Crippen LogP contribution in [0.3, 0.4) is 0 Å². The van der Waals surface area contributed by atoms with Crippen molar-refractivity contribution in [1.82, 2.24) is 0 Å². The first-order valence-electron chi connectivity index (χ1n) is 5.73. The highest BCUT2D eigenvalue weighted by atomic mass is 16.5. The van der Waals surface area contributed by atoms with Crippen molar-refractivity contribution in [3.8, 4) is 0 Å². The Morgan fingerprint density at radius 3 is 2.36 bits per heavy atom. The lowest BCUT2D eigenvalue weighted by Gasteiger charge is -2.47. The molecular weight excluding hydrogens is 178 g/mol. The van der Waals surface area contributed by atoms with Crippen LogP contribution in [0.1, 0.15) is 32.1 Å². The van der Waals surface area contributed by atoms with Gasteiger partial charge in [0, 0.05) is 6.04 Å². The molecule has 14 heavy (non-hydrogen) atoms. The first kappa shape index (κ1) is 10.4. The lowest BCUT2D eigenvalue weighted by atomic mass is 9.69. The highest BCUT2D eigenvalue weighted by Crippen LogP contribution is 2.38. The third-order valence-electron chi connectivity index (χ3n) is 3.96. The fraction of sp³-hybridized carbons (Fsp3) is 1.00. The largest absolute Gasteiger partial charge is 0.396 e. The van der Waals surface area contributed by atoms with Gasteiger partial charge >= 0.3 is 0 Å². The quantitative estimate of drug-likeness (QED) is 0.710. The fourth-order valence-electron chi connectivity index (χ4n) is 2.75. The van der Waals surface area contributed by atoms with Crippen LogP contribution in [0.4, 0.5) is 0 Å². The normalized spacial score (nSPS) is 29.6. The van der Waals surface area contributed by atoms with Gasteiger partial charge in [-0.25, -0.2) is 0 Å². The summed E-state index contributed by atoms with van der Waals surface area (Å²) in [6, 6.07) is 0.140. The molecule has 1 saturated carbocycles. The van der Waals surface area contributed by atoms with E-state index in [1.165, 1.54) is 32.1 Å². The number of rotatable bonds is 3. The summed E-state index contributed by atoms with van der Waals surface area (Å²) in [6.07, 6.45) is 6.44. The Morgan fingerprint density at radius 1 is 1.29 bits per heavy atom. The summed E-state index contributed by atoms with van der Waals surface area (Å²) in [5.41, 5.74) is 6.15. The minimum absolute atomic E-state index is 0.109. The Balaban J connectivity index is 1.94. The fourth-order valence-corrected chi connectivity index (χ4v) is 2.75. The van der Waals surface area contributed by atoms with E-state index in [0.717, 1.165) is 0 Å². The Hall–Kier alpha value is -0.120. The molecule has 0 aromatic carbocycles. The minimum Gasteiger partial charge on any atom is -0.396 e. The first-order chi connectivity index (χ1) is 6.78. The summed E-state index contributed by atoms with van der Waals surface area (Å²) in [4.78, 5) is 0. The van der Waals surface area contributed by atoms with E-state index in [2.05, 4.69) is 0 Å². The van der Waals surface area contributed by atoms with Crippen LogP contribution in [0.5, 0.6) is 0 Å². The van der Waals surface area contributed by atoms with Gasteiger partial charge in [-0.15, -0.1) is 0 Å². The number of nitrogens with two attached hydrogens (primary N) is 1. The van der Waals surface area contributed by atoms with Gasteiger partial charge in [-0.3, -0.25) is 0 Å². The second kappa shape index (κ2) is 4.17. The van der Waals surface area contributed by atoms with Gasteiger partial charge in [-0.1, -0.05) is 19.3 Å². The van der Waals surface area contributed by atoms with Crippen LogP contribution in [-0.2, 0) is 4.74 Å². The van der Waals surface area contributed by atoms with Gasteiger partial charge < -0.3 is 15.6 Å². The van der Waals surface area contributed by atoms with Crippen LogP contribution < -0.4 is 5.73 Å². The SMILES string of the molecule is NC(C1CCCCC1)C1(CO)COC1. The molecule has 2 rings (SSSR count). The van der Waals surface area contributed by atoms with Crippen LogP contribution in [0, 0.1) is 11.3 Å². The van der Waals surface area contributed by atoms with E-state index in [-0.39, 0.29) is 18.1 Å². The van der Waals surface area contributed by atoms with Crippen LogP contribution in [0.25, 0.3) is 0 Å². The number of aliphatic hydroxyl groups excluding tert-OH is 1. The van der Waals surface area contributed by atoms with Crippen molar-refractivity contribution in [3.05, 3.63) is 0 Å². The lowest BCUT2D eigenvalue weighted by molar-refractivity contribution is -0.158. The van der Waals surface area contributed by atoms with E-state index < -0.39 is 0 Å². The maximum Gasteiger partial charge on any atom is 0.0582 e. The first-order valence-corrected chi connectivity index (χ1v) is 5.73. The van der Waals surface area contributed by atoms with Gasteiger partial charge in [0.2, 0.25) is 0 Å². The Bertz CT molecular complexity index is 180. The monoisotopic (exact) mass is 199 g/mol. The highest BCUT2D eigenvalue weighted by molar-refractivity contribution is 4.97. The molecule has 0 aromatic rings. The van der Waals surface area contributed by atoms with Crippen LogP contribution in [0.15, 0.2) is 0 Å². The number of ether oxygens (including phenoxy) is 1. The van der Waals surface area contributed by atoms with E-state index in [9.17, 15) is 5.11 Å². The van der Waals surface area contributed by atoms with Crippen molar-refractivity contribution in [2.75, 3.05) is 19.8 Å². The van der Waals surface area contributed by atoms with E-state index in [1.807, 2.05) is 0 Å². The van der Waals surface area contributed by atoms with Gasteiger partial charge in [-0.05, 0) is 18.8 Å². The summed E-state index contributed by atoms with van der Waals surface area (Å²) < 4.78 is 5.20. The molecule has 0 spiro atoms. The predicted octanol–water partition coefficient (Wildman–Crippen LogP) is 0.903. The highest BCUT2D eigenvalue weighted by Gasteiger charge is 2.46. The predicted molar refractivity (Wildman–Crippen MR) is 54.9 cm³/mol. The van der Waals surface area contributed by atoms with E-state index in [0.29, 0.717) is 19.1 Å². The van der Waals surface area contributed by atoms with Crippen LogP contribution >= 0.6 is 0 Å². The summed E-state index contributed by atoms with van der Waals surface area (Å²) >= 11 is 0. The van der Waals surface area contributed by atoms with Crippen LogP contribution in [-0.4, -0.2) is 31.0 Å². The van der Waals surface area contributed by atoms with Gasteiger partial charge in [0.05, 0.1) is 25.2 Å². The minimum atomic E-state index is -0.109. The molecular formula is C11H21NO2. The molecule has 1 heterocycles. The molecule has 0 amide bonds. The zero-order chi connectivity index (χ0) is 10.0. The second-order valence-corrected chi connectivity index (χ2v) is 4.94. The third-order valence-corrected chi connectivity index (χ3v) is 3.96. The van der Waals surface area contributed by atoms with Crippen molar-refractivity contribution in [1.29, 1.82) is 0 Å². The summed E-state index contributed by atoms with van der Waals surface area (Å²) in [5.74, 6) is 0.611. The third kappa shape index (κ3) is 1.69. The molecule has 1 aliphatic heterocycles. The molecule has 1 aliphatic carbocycles. The zero-order valence-electron chi connectivity index (χ0n) is 8.74. The van der Waals surface area contributed by atoms with E-state index in [4.69, 9.17) is 10.5 Å². The average Bonchev–Trinajstić information content (AvgIpc) is 2.18. The molecule has 3 heteroatoms. The zero-order valence-corrected chi connectivity index (χ0v) is 8.74. The summed E-state index contributed by atoms with van der Waals surface area (Å²) in [6.45, 7) is 1.49. The molecule has 0 bridgehead atoms. The van der Waals surface area contributed by atoms with Crippen molar-refractivity contribution in [2.45, 2.75) is 38.1 Å². The maximum absolute atomic E-state index is 9.38. The number of hydrogen-bond donors (Lipinski definition) is 2. The molecule has 1 unspecified atom stereocenters. The van der Waals surface area contributed by atoms with Gasteiger partial charge in [0.15, 0.2) is 0 Å². The molecule has 2 aliphatic rings. The Morgan fingerprint density at radius 2 is 1.93 bits per heavy atom. The van der Waals surface area contributed by atoms with Gasteiger partial charge in [0.25, 0.3) is 0 Å². The van der Waals surface area contributed by atoms with E-state index >= 15 is 0 Å². The molecule has 2 fully saturated rings. The molecule has 3 N–H and O–H groups in total. The summed E-state index contributed by atoms with van der Waals surface area (Å²) in [7, 11) is 0. The molecule has 0 radical (unpaired) electrons. The molecule has 82 valence electrons. The topological polar surface area (TPSA) is 55.5 Å².